The number of aromatic hydroxyl groups is 2. The van der Waals surface area contributed by atoms with Crippen molar-refractivity contribution in [3.63, 3.8) is 0 Å². The molecule has 0 amide bonds. The van der Waals surface area contributed by atoms with Crippen molar-refractivity contribution in [2.24, 2.45) is 0 Å². The van der Waals surface area contributed by atoms with Gasteiger partial charge in [-0.15, -0.1) is 0 Å². The van der Waals surface area contributed by atoms with Gasteiger partial charge in [0.1, 0.15) is 11.5 Å². The van der Waals surface area contributed by atoms with E-state index >= 15 is 0 Å². The molecule has 0 aliphatic carbocycles. The SMILES string of the molecule is C[SiH](C)c1ccc(N(c2ccccc2)c2ccc(-c3cccc4c(-c5ccc(N(c6ccccc6)c6ccc7ccccc7c6)cc5O)ccc(O)c34)cc2)cc1. The Kier molecular flexibility index (Phi) is 9.51. The van der Waals surface area contributed by atoms with Crippen molar-refractivity contribution in [2.45, 2.75) is 13.1 Å². The lowest BCUT2D eigenvalue weighted by atomic mass is 9.91. The third-order valence-corrected chi connectivity index (χ3v) is 12.5. The van der Waals surface area contributed by atoms with Gasteiger partial charge in [0.05, 0.1) is 8.80 Å². The second-order valence-corrected chi connectivity index (χ2v) is 17.7. The first kappa shape index (κ1) is 35.6. The van der Waals surface area contributed by atoms with Gasteiger partial charge in [0.25, 0.3) is 0 Å². The molecule has 0 bridgehead atoms. The number of para-hydroxylation sites is 2. The number of hydrogen-bond acceptors (Lipinski definition) is 4. The molecule has 9 aromatic carbocycles. The molecule has 0 unspecified atom stereocenters. The number of rotatable bonds is 9. The van der Waals surface area contributed by atoms with Gasteiger partial charge in [0, 0.05) is 51.1 Å². The molecular weight excluding hydrogens is 713 g/mol. The van der Waals surface area contributed by atoms with Crippen molar-refractivity contribution in [1.29, 1.82) is 0 Å². The molecule has 4 nitrogen and oxygen atoms in total. The summed E-state index contributed by atoms with van der Waals surface area (Å²) in [4.78, 5) is 4.44. The van der Waals surface area contributed by atoms with Crippen LogP contribution in [0.1, 0.15) is 0 Å². The third-order valence-electron chi connectivity index (χ3n) is 10.8. The van der Waals surface area contributed by atoms with Gasteiger partial charge in [-0.25, -0.2) is 0 Å². The van der Waals surface area contributed by atoms with Gasteiger partial charge in [-0.3, -0.25) is 0 Å². The monoisotopic (exact) mass is 754 g/mol. The van der Waals surface area contributed by atoms with Crippen LogP contribution in [-0.2, 0) is 0 Å². The zero-order valence-corrected chi connectivity index (χ0v) is 33.1. The average molecular weight is 755 g/mol. The largest absolute Gasteiger partial charge is 0.507 e. The summed E-state index contributed by atoms with van der Waals surface area (Å²) >= 11 is 0. The van der Waals surface area contributed by atoms with E-state index in [9.17, 15) is 10.2 Å². The first-order valence-corrected chi connectivity index (χ1v) is 22.3. The van der Waals surface area contributed by atoms with Crippen molar-refractivity contribution >= 4 is 69.7 Å². The summed E-state index contributed by atoms with van der Waals surface area (Å²) in [7, 11) is -0.915. The van der Waals surface area contributed by atoms with Crippen molar-refractivity contribution in [3.05, 3.63) is 200 Å². The Balaban J connectivity index is 1.09. The lowest BCUT2D eigenvalue weighted by molar-refractivity contribution is 0.477. The predicted octanol–water partition coefficient (Wildman–Crippen LogP) is 13.4. The van der Waals surface area contributed by atoms with E-state index in [0.29, 0.717) is 5.56 Å². The molecule has 0 spiro atoms. The summed E-state index contributed by atoms with van der Waals surface area (Å²) in [6.07, 6.45) is 0. The molecule has 9 rings (SSSR count). The van der Waals surface area contributed by atoms with Gasteiger partial charge < -0.3 is 20.0 Å². The summed E-state index contributed by atoms with van der Waals surface area (Å²) in [6, 6.07) is 68.5. The Morgan fingerprint density at radius 2 is 0.895 bits per heavy atom. The molecule has 9 aromatic rings. The minimum atomic E-state index is -0.915. The molecule has 0 radical (unpaired) electrons. The van der Waals surface area contributed by atoms with Crippen LogP contribution in [0.2, 0.25) is 13.1 Å². The fourth-order valence-electron chi connectivity index (χ4n) is 7.91. The van der Waals surface area contributed by atoms with E-state index in [1.165, 1.54) is 10.6 Å². The first-order chi connectivity index (χ1) is 27.9. The van der Waals surface area contributed by atoms with Gasteiger partial charge in [-0.2, -0.15) is 0 Å². The first-order valence-electron chi connectivity index (χ1n) is 19.4. The molecule has 2 N–H and O–H groups in total. The van der Waals surface area contributed by atoms with Crippen LogP contribution in [-0.4, -0.2) is 19.0 Å². The van der Waals surface area contributed by atoms with Gasteiger partial charge in [0.15, 0.2) is 0 Å². The Labute approximate surface area is 335 Å². The summed E-state index contributed by atoms with van der Waals surface area (Å²) in [5.74, 6) is 0.344. The van der Waals surface area contributed by atoms with E-state index in [1.54, 1.807) is 6.07 Å². The zero-order chi connectivity index (χ0) is 38.9. The van der Waals surface area contributed by atoms with E-state index in [-0.39, 0.29) is 11.5 Å². The number of hydrogen-bond donors (Lipinski definition) is 2. The minimum Gasteiger partial charge on any atom is -0.507 e. The zero-order valence-electron chi connectivity index (χ0n) is 31.9. The number of phenols is 2. The van der Waals surface area contributed by atoms with Crippen LogP contribution in [0, 0.1) is 0 Å². The Morgan fingerprint density at radius 3 is 1.54 bits per heavy atom. The standard InChI is InChI=1S/C52H42N2O2Si/c1-57(2)45-29-26-42(27-30-45)53(39-14-5-3-6-15-39)41-23-21-37(22-24-41)46-18-11-19-49-47(32-33-50(55)52(46)49)48-31-28-44(35-51(48)56)54(40-16-7-4-8-17-40)43-25-20-36-12-9-10-13-38(36)34-43/h3-35,55-57H,1-2H3. The maximum Gasteiger partial charge on any atom is 0.125 e. The van der Waals surface area contributed by atoms with Crippen LogP contribution in [0.4, 0.5) is 34.1 Å². The second-order valence-electron chi connectivity index (χ2n) is 14.7. The predicted molar refractivity (Wildman–Crippen MR) is 244 cm³/mol. The highest BCUT2D eigenvalue weighted by atomic mass is 28.3. The van der Waals surface area contributed by atoms with Crippen LogP contribution in [0.5, 0.6) is 11.5 Å². The highest BCUT2D eigenvalue weighted by Crippen LogP contribution is 2.45. The van der Waals surface area contributed by atoms with Crippen LogP contribution < -0.4 is 15.0 Å². The van der Waals surface area contributed by atoms with Crippen LogP contribution in [0.25, 0.3) is 43.8 Å². The van der Waals surface area contributed by atoms with E-state index < -0.39 is 8.80 Å². The normalized spacial score (nSPS) is 11.3. The maximum absolute atomic E-state index is 11.8. The van der Waals surface area contributed by atoms with Crippen molar-refractivity contribution in [3.8, 4) is 33.8 Å². The molecule has 0 saturated heterocycles. The van der Waals surface area contributed by atoms with Crippen molar-refractivity contribution < 1.29 is 10.2 Å². The topological polar surface area (TPSA) is 46.9 Å². The fraction of sp³-hybridized carbons (Fsp3) is 0.0385. The van der Waals surface area contributed by atoms with Gasteiger partial charge in [0.2, 0.25) is 0 Å². The van der Waals surface area contributed by atoms with Gasteiger partial charge in [-0.1, -0.05) is 127 Å². The average Bonchev–Trinajstić information content (AvgIpc) is 3.25. The number of anilines is 6. The van der Waals surface area contributed by atoms with E-state index in [2.05, 4.69) is 162 Å². The maximum atomic E-state index is 11.8. The molecular formula is C52H42N2O2Si. The molecule has 0 atom stereocenters. The summed E-state index contributed by atoms with van der Waals surface area (Å²) in [6.45, 7) is 4.70. The Hall–Kier alpha value is -7.08. The summed E-state index contributed by atoms with van der Waals surface area (Å²) in [5, 5.41) is 28.6. The van der Waals surface area contributed by atoms with Crippen LogP contribution in [0.15, 0.2) is 200 Å². The lowest BCUT2D eigenvalue weighted by Gasteiger charge is -2.26. The number of benzene rings is 9. The molecule has 0 fully saturated rings. The van der Waals surface area contributed by atoms with E-state index in [0.717, 1.165) is 67.0 Å². The molecule has 0 aromatic heterocycles. The van der Waals surface area contributed by atoms with Crippen LogP contribution in [0.3, 0.4) is 0 Å². The second kappa shape index (κ2) is 15.2. The number of fused-ring (bicyclic) bond motifs is 2. The van der Waals surface area contributed by atoms with E-state index in [4.69, 9.17) is 0 Å². The summed E-state index contributed by atoms with van der Waals surface area (Å²) in [5.41, 5.74) is 9.48. The molecule has 5 heteroatoms. The molecule has 0 aliphatic heterocycles. The highest BCUT2D eigenvalue weighted by molar-refractivity contribution is 6.70. The number of nitrogens with zero attached hydrogens (tertiary/aromatic N) is 2. The van der Waals surface area contributed by atoms with Crippen molar-refractivity contribution in [1.82, 2.24) is 0 Å². The fourth-order valence-corrected chi connectivity index (χ4v) is 8.88. The lowest BCUT2D eigenvalue weighted by Crippen LogP contribution is -2.22. The highest BCUT2D eigenvalue weighted by Gasteiger charge is 2.19. The Bertz CT molecular complexity index is 2840. The number of phenolic OH excluding ortho intramolecular Hbond substituents is 2. The molecule has 57 heavy (non-hydrogen) atoms. The Morgan fingerprint density at radius 1 is 0.368 bits per heavy atom. The van der Waals surface area contributed by atoms with Crippen molar-refractivity contribution in [2.75, 3.05) is 9.80 Å². The molecule has 0 aliphatic rings. The summed E-state index contributed by atoms with van der Waals surface area (Å²) < 4.78 is 0. The van der Waals surface area contributed by atoms with E-state index in [1.807, 2.05) is 54.6 Å². The third kappa shape index (κ3) is 6.90. The minimum absolute atomic E-state index is 0.153. The quantitative estimate of drug-likeness (QED) is 0.144. The molecule has 0 heterocycles. The van der Waals surface area contributed by atoms with Crippen LogP contribution >= 0.6 is 0 Å². The van der Waals surface area contributed by atoms with Gasteiger partial charge >= 0.3 is 0 Å². The molecule has 276 valence electrons. The van der Waals surface area contributed by atoms with Gasteiger partial charge in [-0.05, 0) is 118 Å². The smallest absolute Gasteiger partial charge is 0.125 e. The molecule has 0 saturated carbocycles.